The van der Waals surface area contributed by atoms with E-state index in [1.165, 1.54) is 6.33 Å². The van der Waals surface area contributed by atoms with Crippen LogP contribution < -0.4 is 0 Å². The normalized spacial score (nSPS) is 17.2. The van der Waals surface area contributed by atoms with Gasteiger partial charge in [0.25, 0.3) is 5.91 Å². The van der Waals surface area contributed by atoms with E-state index in [9.17, 15) is 9.59 Å². The van der Waals surface area contributed by atoms with E-state index >= 15 is 0 Å². The molecule has 3 rings (SSSR count). The van der Waals surface area contributed by atoms with E-state index in [0.717, 1.165) is 42.6 Å². The van der Waals surface area contributed by atoms with Gasteiger partial charge in [-0.05, 0) is 37.8 Å². The SMILES string of the molecule is CCc1oc(C(=O)N2CCCC(N(Cc3cncnc3)C(C)=O)CC2)cc1C. The van der Waals surface area contributed by atoms with Crippen LogP contribution in [0, 0.1) is 6.92 Å². The predicted molar refractivity (Wildman–Crippen MR) is 105 cm³/mol. The van der Waals surface area contributed by atoms with Crippen molar-refractivity contribution in [2.75, 3.05) is 13.1 Å². The van der Waals surface area contributed by atoms with Gasteiger partial charge in [-0.25, -0.2) is 9.97 Å². The lowest BCUT2D eigenvalue weighted by molar-refractivity contribution is -0.132. The molecule has 0 saturated carbocycles. The van der Waals surface area contributed by atoms with E-state index < -0.39 is 0 Å². The second-order valence-corrected chi connectivity index (χ2v) is 7.34. The first-order valence-corrected chi connectivity index (χ1v) is 9.89. The number of aryl methyl sites for hydroxylation is 2. The van der Waals surface area contributed by atoms with Gasteiger partial charge in [0.2, 0.25) is 5.91 Å². The quantitative estimate of drug-likeness (QED) is 0.792. The molecule has 0 N–H and O–H groups in total. The van der Waals surface area contributed by atoms with Crippen LogP contribution in [-0.4, -0.2) is 50.7 Å². The van der Waals surface area contributed by atoms with Gasteiger partial charge in [-0.1, -0.05) is 6.92 Å². The Labute approximate surface area is 165 Å². The third-order valence-corrected chi connectivity index (χ3v) is 5.35. The number of furan rings is 1. The van der Waals surface area contributed by atoms with Crippen molar-refractivity contribution in [2.45, 2.75) is 59.0 Å². The molecule has 0 spiro atoms. The Morgan fingerprint density at radius 1 is 1.25 bits per heavy atom. The van der Waals surface area contributed by atoms with E-state index in [1.54, 1.807) is 19.3 Å². The summed E-state index contributed by atoms with van der Waals surface area (Å²) < 4.78 is 5.74. The molecule has 1 atom stereocenters. The second-order valence-electron chi connectivity index (χ2n) is 7.34. The van der Waals surface area contributed by atoms with Crippen LogP contribution in [0.5, 0.6) is 0 Å². The molecule has 0 aliphatic carbocycles. The van der Waals surface area contributed by atoms with E-state index in [-0.39, 0.29) is 17.9 Å². The van der Waals surface area contributed by atoms with Gasteiger partial charge in [-0.15, -0.1) is 0 Å². The molecule has 1 fully saturated rings. The number of nitrogens with zero attached hydrogens (tertiary/aromatic N) is 4. The highest BCUT2D eigenvalue weighted by molar-refractivity contribution is 5.91. The summed E-state index contributed by atoms with van der Waals surface area (Å²) in [6, 6.07) is 1.93. The zero-order valence-electron chi connectivity index (χ0n) is 16.9. The summed E-state index contributed by atoms with van der Waals surface area (Å²) in [6.07, 6.45) is 8.20. The molecular formula is C21H28N4O3. The van der Waals surface area contributed by atoms with Crippen LogP contribution in [0.25, 0.3) is 0 Å². The molecule has 7 nitrogen and oxygen atoms in total. The minimum absolute atomic E-state index is 0.0304. The number of rotatable bonds is 5. The van der Waals surface area contributed by atoms with Crippen molar-refractivity contribution in [3.63, 3.8) is 0 Å². The summed E-state index contributed by atoms with van der Waals surface area (Å²) >= 11 is 0. The first kappa shape index (κ1) is 20.0. The number of amides is 2. The van der Waals surface area contributed by atoms with Gasteiger partial charge >= 0.3 is 0 Å². The Bertz CT molecular complexity index is 818. The van der Waals surface area contributed by atoms with Gasteiger partial charge < -0.3 is 14.2 Å². The second kappa shape index (κ2) is 8.99. The zero-order valence-corrected chi connectivity index (χ0v) is 16.9. The number of aromatic nitrogens is 2. The van der Waals surface area contributed by atoms with Crippen molar-refractivity contribution in [3.8, 4) is 0 Å². The fourth-order valence-corrected chi connectivity index (χ4v) is 3.83. The zero-order chi connectivity index (χ0) is 20.1. The van der Waals surface area contributed by atoms with Gasteiger partial charge in [-0.2, -0.15) is 0 Å². The monoisotopic (exact) mass is 384 g/mol. The Kier molecular flexibility index (Phi) is 6.44. The maximum atomic E-state index is 12.9. The Hall–Kier alpha value is -2.70. The van der Waals surface area contributed by atoms with E-state index in [0.29, 0.717) is 25.4 Å². The summed E-state index contributed by atoms with van der Waals surface area (Å²) in [7, 11) is 0. The van der Waals surface area contributed by atoms with Crippen molar-refractivity contribution in [1.29, 1.82) is 0 Å². The molecule has 0 bridgehead atoms. The summed E-state index contributed by atoms with van der Waals surface area (Å²) in [5.74, 6) is 1.25. The maximum absolute atomic E-state index is 12.9. The maximum Gasteiger partial charge on any atom is 0.289 e. The Balaban J connectivity index is 1.67. The van der Waals surface area contributed by atoms with Gasteiger partial charge in [-0.3, -0.25) is 9.59 Å². The van der Waals surface area contributed by atoms with E-state index in [1.807, 2.05) is 29.7 Å². The fourth-order valence-electron chi connectivity index (χ4n) is 3.83. The summed E-state index contributed by atoms with van der Waals surface area (Å²) in [5.41, 5.74) is 1.93. The van der Waals surface area contributed by atoms with Crippen molar-refractivity contribution < 1.29 is 14.0 Å². The number of likely N-dealkylation sites (tertiary alicyclic amines) is 1. The van der Waals surface area contributed by atoms with Crippen molar-refractivity contribution >= 4 is 11.8 Å². The number of hydrogen-bond acceptors (Lipinski definition) is 5. The van der Waals surface area contributed by atoms with Gasteiger partial charge in [0.15, 0.2) is 5.76 Å². The van der Waals surface area contributed by atoms with Gasteiger partial charge in [0, 0.05) is 57.0 Å². The number of carbonyl (C=O) groups excluding carboxylic acids is 2. The summed E-state index contributed by atoms with van der Waals surface area (Å²) in [6.45, 7) is 7.36. The van der Waals surface area contributed by atoms with Crippen molar-refractivity contribution in [1.82, 2.24) is 19.8 Å². The molecule has 2 aromatic rings. The highest BCUT2D eigenvalue weighted by Gasteiger charge is 2.28. The van der Waals surface area contributed by atoms with Gasteiger partial charge in [0.1, 0.15) is 12.1 Å². The summed E-state index contributed by atoms with van der Waals surface area (Å²) in [4.78, 5) is 36.9. The predicted octanol–water partition coefficient (Wildman–Crippen LogP) is 2.98. The van der Waals surface area contributed by atoms with Crippen LogP contribution in [0.3, 0.4) is 0 Å². The lowest BCUT2D eigenvalue weighted by atomic mass is 10.1. The van der Waals surface area contributed by atoms with Crippen LogP contribution in [0.2, 0.25) is 0 Å². The van der Waals surface area contributed by atoms with Crippen LogP contribution >= 0.6 is 0 Å². The molecule has 1 saturated heterocycles. The summed E-state index contributed by atoms with van der Waals surface area (Å²) in [5, 5.41) is 0. The van der Waals surface area contributed by atoms with Crippen LogP contribution in [0.15, 0.2) is 29.2 Å². The third kappa shape index (κ3) is 4.58. The lowest BCUT2D eigenvalue weighted by Gasteiger charge is -2.30. The molecule has 28 heavy (non-hydrogen) atoms. The molecular weight excluding hydrogens is 356 g/mol. The molecule has 0 radical (unpaired) electrons. The number of carbonyl (C=O) groups is 2. The van der Waals surface area contributed by atoms with Crippen LogP contribution in [0.4, 0.5) is 0 Å². The van der Waals surface area contributed by atoms with Crippen molar-refractivity contribution in [2.24, 2.45) is 0 Å². The number of hydrogen-bond donors (Lipinski definition) is 0. The molecule has 150 valence electrons. The molecule has 2 aromatic heterocycles. The molecule has 2 amide bonds. The first-order chi connectivity index (χ1) is 13.5. The Morgan fingerprint density at radius 3 is 2.64 bits per heavy atom. The molecule has 1 aliphatic rings. The minimum Gasteiger partial charge on any atom is -0.456 e. The van der Waals surface area contributed by atoms with Crippen LogP contribution in [-0.2, 0) is 17.8 Å². The molecule has 1 unspecified atom stereocenters. The topological polar surface area (TPSA) is 79.5 Å². The molecule has 3 heterocycles. The lowest BCUT2D eigenvalue weighted by Crippen LogP contribution is -2.39. The minimum atomic E-state index is -0.0608. The average molecular weight is 384 g/mol. The first-order valence-electron chi connectivity index (χ1n) is 9.89. The largest absolute Gasteiger partial charge is 0.456 e. The van der Waals surface area contributed by atoms with E-state index in [4.69, 9.17) is 4.42 Å². The third-order valence-electron chi connectivity index (χ3n) is 5.35. The average Bonchev–Trinajstić information content (AvgIpc) is 2.91. The standard InChI is InChI=1S/C21H28N4O3/c1-4-19-15(2)10-20(28-19)21(27)24-8-5-6-18(7-9-24)25(16(3)26)13-17-11-22-14-23-12-17/h10-12,14,18H,4-9,13H2,1-3H3. The van der Waals surface area contributed by atoms with Gasteiger partial charge in [0.05, 0.1) is 0 Å². The Morgan fingerprint density at radius 2 is 2.00 bits per heavy atom. The molecule has 0 aromatic carbocycles. The molecule has 7 heteroatoms. The van der Waals surface area contributed by atoms with Crippen molar-refractivity contribution in [3.05, 3.63) is 47.4 Å². The smallest absolute Gasteiger partial charge is 0.289 e. The molecule has 1 aliphatic heterocycles. The fraction of sp³-hybridized carbons (Fsp3) is 0.524. The highest BCUT2D eigenvalue weighted by atomic mass is 16.4. The van der Waals surface area contributed by atoms with E-state index in [2.05, 4.69) is 9.97 Å². The highest BCUT2D eigenvalue weighted by Crippen LogP contribution is 2.22. The van der Waals surface area contributed by atoms with Crippen LogP contribution in [0.1, 0.15) is 60.6 Å².